The van der Waals surface area contributed by atoms with Crippen LogP contribution in [0.2, 0.25) is 0 Å². The van der Waals surface area contributed by atoms with Crippen molar-refractivity contribution in [3.63, 3.8) is 0 Å². The van der Waals surface area contributed by atoms with Gasteiger partial charge >= 0.3 is 0 Å². The van der Waals surface area contributed by atoms with E-state index in [1.807, 2.05) is 42.5 Å². The number of ether oxygens (including phenoxy) is 1. The largest absolute Gasteiger partial charge is 0.493 e. The number of rotatable bonds is 11. The molecule has 0 fully saturated rings. The van der Waals surface area contributed by atoms with Crippen molar-refractivity contribution in [3.8, 4) is 5.75 Å². The van der Waals surface area contributed by atoms with Crippen molar-refractivity contribution >= 4 is 23.0 Å². The van der Waals surface area contributed by atoms with Crippen LogP contribution in [0.1, 0.15) is 35.4 Å². The van der Waals surface area contributed by atoms with Crippen molar-refractivity contribution < 1.29 is 9.53 Å². The summed E-state index contributed by atoms with van der Waals surface area (Å²) >= 11 is 0. The fourth-order valence-electron chi connectivity index (χ4n) is 4.24. The summed E-state index contributed by atoms with van der Waals surface area (Å²) in [6.07, 6.45) is 5.93. The number of imidazole rings is 1. The summed E-state index contributed by atoms with van der Waals surface area (Å²) in [6, 6.07) is 24.3. The molecule has 1 aromatic heterocycles. The second-order valence-electron chi connectivity index (χ2n) is 8.73. The molecule has 1 N–H and O–H groups in total. The summed E-state index contributed by atoms with van der Waals surface area (Å²) in [4.78, 5) is 17.0. The third-order valence-corrected chi connectivity index (χ3v) is 6.02. The normalized spacial score (nSPS) is 11.3. The molecule has 5 heteroatoms. The predicted molar refractivity (Wildman–Crippen MR) is 143 cm³/mol. The van der Waals surface area contributed by atoms with Crippen LogP contribution in [0.25, 0.3) is 17.1 Å². The molecule has 5 nitrogen and oxygen atoms in total. The van der Waals surface area contributed by atoms with E-state index in [1.165, 1.54) is 11.1 Å². The van der Waals surface area contributed by atoms with E-state index in [0.717, 1.165) is 54.0 Å². The standard InChI is InChI=1S/C30H33N3O2/c1-23-11-8-12-24(2)30(23)35-22-10-21-33-27-16-7-6-15-26(27)32-28(33)17-9-20-31-29(34)19-18-25-13-4-3-5-14-25/h3-8,11-16,18-19H,9-10,17,20-22H2,1-2H3,(H,31,34)/b19-18+. The molecule has 1 heterocycles. The maximum Gasteiger partial charge on any atom is 0.243 e. The van der Waals surface area contributed by atoms with Crippen molar-refractivity contribution in [3.05, 3.63) is 101 Å². The van der Waals surface area contributed by atoms with Gasteiger partial charge in [-0.2, -0.15) is 0 Å². The second-order valence-corrected chi connectivity index (χ2v) is 8.73. The third-order valence-electron chi connectivity index (χ3n) is 6.02. The molecule has 0 aliphatic rings. The highest BCUT2D eigenvalue weighted by Gasteiger charge is 2.11. The number of amides is 1. The zero-order valence-corrected chi connectivity index (χ0v) is 20.5. The second kappa shape index (κ2) is 12.0. The van der Waals surface area contributed by atoms with Gasteiger partial charge < -0.3 is 14.6 Å². The molecule has 4 aromatic rings. The van der Waals surface area contributed by atoms with E-state index in [2.05, 4.69) is 60.1 Å². The van der Waals surface area contributed by atoms with Crippen LogP contribution in [-0.2, 0) is 17.8 Å². The summed E-state index contributed by atoms with van der Waals surface area (Å²) in [5.41, 5.74) is 5.49. The average molecular weight is 468 g/mol. The van der Waals surface area contributed by atoms with Crippen molar-refractivity contribution in [1.29, 1.82) is 0 Å². The molecule has 0 spiro atoms. The molecule has 180 valence electrons. The first-order valence-corrected chi connectivity index (χ1v) is 12.3. The Morgan fingerprint density at radius 2 is 1.69 bits per heavy atom. The maximum absolute atomic E-state index is 12.1. The monoisotopic (exact) mass is 467 g/mol. The minimum atomic E-state index is -0.0778. The lowest BCUT2D eigenvalue weighted by molar-refractivity contribution is -0.116. The minimum absolute atomic E-state index is 0.0778. The minimum Gasteiger partial charge on any atom is -0.493 e. The van der Waals surface area contributed by atoms with E-state index in [9.17, 15) is 4.79 Å². The Kier molecular flexibility index (Phi) is 8.34. The van der Waals surface area contributed by atoms with Crippen molar-refractivity contribution in [1.82, 2.24) is 14.9 Å². The van der Waals surface area contributed by atoms with E-state index in [4.69, 9.17) is 9.72 Å². The summed E-state index contributed by atoms with van der Waals surface area (Å²) < 4.78 is 8.40. The topological polar surface area (TPSA) is 56.1 Å². The number of nitrogens with one attached hydrogen (secondary N) is 1. The molecule has 0 aliphatic heterocycles. The van der Waals surface area contributed by atoms with Gasteiger partial charge in [0.2, 0.25) is 5.91 Å². The van der Waals surface area contributed by atoms with Crippen LogP contribution in [0.3, 0.4) is 0 Å². The van der Waals surface area contributed by atoms with Gasteiger partial charge in [0.1, 0.15) is 11.6 Å². The zero-order chi connectivity index (χ0) is 24.5. The lowest BCUT2D eigenvalue weighted by atomic mass is 10.1. The van der Waals surface area contributed by atoms with Crippen LogP contribution >= 0.6 is 0 Å². The molecule has 0 saturated carbocycles. The lowest BCUT2D eigenvalue weighted by Gasteiger charge is -2.13. The summed E-state index contributed by atoms with van der Waals surface area (Å²) in [7, 11) is 0. The van der Waals surface area contributed by atoms with Crippen molar-refractivity contribution in [2.45, 2.75) is 39.7 Å². The van der Waals surface area contributed by atoms with Crippen LogP contribution in [0.15, 0.2) is 78.9 Å². The number of carbonyl (C=O) groups is 1. The Hall–Kier alpha value is -3.86. The quantitative estimate of drug-likeness (QED) is 0.221. The molecule has 0 bridgehead atoms. The number of nitrogens with zero attached hydrogens (tertiary/aromatic N) is 2. The molecule has 0 radical (unpaired) electrons. The molecule has 0 aliphatic carbocycles. The van der Waals surface area contributed by atoms with E-state index in [0.29, 0.717) is 13.2 Å². The first-order valence-electron chi connectivity index (χ1n) is 12.3. The molecular formula is C30H33N3O2. The van der Waals surface area contributed by atoms with Crippen LogP contribution in [0, 0.1) is 13.8 Å². The number of benzene rings is 3. The molecule has 0 saturated heterocycles. The van der Waals surface area contributed by atoms with Gasteiger partial charge in [-0.25, -0.2) is 4.98 Å². The number of fused-ring (bicyclic) bond motifs is 1. The SMILES string of the molecule is Cc1cccc(C)c1OCCCn1c(CCCNC(=O)/C=C/c2ccccc2)nc2ccccc21. The van der Waals surface area contributed by atoms with E-state index in [1.54, 1.807) is 6.08 Å². The highest BCUT2D eigenvalue weighted by molar-refractivity contribution is 5.91. The molecule has 35 heavy (non-hydrogen) atoms. The number of hydrogen-bond donors (Lipinski definition) is 1. The van der Waals surface area contributed by atoms with E-state index < -0.39 is 0 Å². The van der Waals surface area contributed by atoms with Crippen LogP contribution in [0.4, 0.5) is 0 Å². The average Bonchev–Trinajstić information content (AvgIpc) is 3.22. The smallest absolute Gasteiger partial charge is 0.243 e. The fraction of sp³-hybridized carbons (Fsp3) is 0.267. The number of hydrogen-bond acceptors (Lipinski definition) is 3. The summed E-state index contributed by atoms with van der Waals surface area (Å²) in [5.74, 6) is 1.96. The molecule has 4 rings (SSSR count). The molecule has 0 atom stereocenters. The van der Waals surface area contributed by atoms with Gasteiger partial charge in [-0.05, 0) is 61.6 Å². The van der Waals surface area contributed by atoms with Crippen molar-refractivity contribution in [2.75, 3.05) is 13.2 Å². The van der Waals surface area contributed by atoms with Gasteiger partial charge in [-0.15, -0.1) is 0 Å². The Labute approximate surface area is 207 Å². The van der Waals surface area contributed by atoms with Crippen LogP contribution in [-0.4, -0.2) is 28.6 Å². The van der Waals surface area contributed by atoms with Gasteiger partial charge in [-0.1, -0.05) is 60.7 Å². The zero-order valence-electron chi connectivity index (χ0n) is 20.5. The van der Waals surface area contributed by atoms with Gasteiger partial charge in [0.15, 0.2) is 0 Å². The third kappa shape index (κ3) is 6.60. The molecule has 1 amide bonds. The highest BCUT2D eigenvalue weighted by atomic mass is 16.5. The first-order chi connectivity index (χ1) is 17.1. The van der Waals surface area contributed by atoms with Gasteiger partial charge in [0.25, 0.3) is 0 Å². The van der Waals surface area contributed by atoms with Gasteiger partial charge in [0.05, 0.1) is 17.6 Å². The number of aryl methyl sites for hydroxylation is 4. The van der Waals surface area contributed by atoms with E-state index in [-0.39, 0.29) is 5.91 Å². The van der Waals surface area contributed by atoms with Crippen LogP contribution < -0.4 is 10.1 Å². The number of aromatic nitrogens is 2. The Balaban J connectivity index is 1.31. The molecule has 3 aromatic carbocycles. The fourth-order valence-corrected chi connectivity index (χ4v) is 4.24. The molecule has 0 unspecified atom stereocenters. The van der Waals surface area contributed by atoms with Gasteiger partial charge in [-0.3, -0.25) is 4.79 Å². The Morgan fingerprint density at radius 1 is 0.943 bits per heavy atom. The Morgan fingerprint density at radius 3 is 2.49 bits per heavy atom. The lowest BCUT2D eigenvalue weighted by Crippen LogP contribution is -2.22. The first kappa shape index (κ1) is 24.3. The summed E-state index contributed by atoms with van der Waals surface area (Å²) in [5, 5.41) is 2.97. The summed E-state index contributed by atoms with van der Waals surface area (Å²) in [6.45, 7) is 6.27. The number of carbonyl (C=O) groups excluding carboxylic acids is 1. The predicted octanol–water partition coefficient (Wildman–Crippen LogP) is 5.88. The Bertz CT molecular complexity index is 1270. The number of para-hydroxylation sites is 3. The molecular weight excluding hydrogens is 434 g/mol. The van der Waals surface area contributed by atoms with E-state index >= 15 is 0 Å². The van der Waals surface area contributed by atoms with Crippen LogP contribution in [0.5, 0.6) is 5.75 Å². The van der Waals surface area contributed by atoms with Gasteiger partial charge in [0, 0.05) is 25.6 Å². The maximum atomic E-state index is 12.1. The van der Waals surface area contributed by atoms with Crippen molar-refractivity contribution in [2.24, 2.45) is 0 Å². The highest BCUT2D eigenvalue weighted by Crippen LogP contribution is 2.23.